The molecule has 1 aromatic rings. The summed E-state index contributed by atoms with van der Waals surface area (Å²) in [5.41, 5.74) is -1.19. The van der Waals surface area contributed by atoms with Crippen LogP contribution >= 0.6 is 0 Å². The van der Waals surface area contributed by atoms with Crippen LogP contribution in [0.15, 0.2) is 23.1 Å². The quantitative estimate of drug-likeness (QED) is 0.834. The molecular weight excluding hydrogens is 323 g/mol. The van der Waals surface area contributed by atoms with Crippen LogP contribution in [0.2, 0.25) is 0 Å². The molecule has 1 unspecified atom stereocenters. The molecule has 0 aliphatic carbocycles. The number of nitrogens with one attached hydrogen (secondary N) is 1. The Hall–Kier alpha value is -1.61. The molecule has 1 rings (SSSR count). The molecule has 0 heterocycles. The lowest BCUT2D eigenvalue weighted by Crippen LogP contribution is -2.40. The Kier molecular flexibility index (Phi) is 5.58. The van der Waals surface area contributed by atoms with Crippen LogP contribution in [0, 0.1) is 6.92 Å². The van der Waals surface area contributed by atoms with Crippen molar-refractivity contribution in [2.24, 2.45) is 0 Å². The Labute approximate surface area is 126 Å². The van der Waals surface area contributed by atoms with Crippen LogP contribution < -0.4 is 4.72 Å². The molecule has 1 atom stereocenters. The van der Waals surface area contributed by atoms with Crippen LogP contribution in [0.1, 0.15) is 30.9 Å². The van der Waals surface area contributed by atoms with Gasteiger partial charge >= 0.3 is 12.1 Å². The number of sulfonamides is 1. The minimum Gasteiger partial charge on any atom is -0.480 e. The number of rotatable bonds is 6. The summed E-state index contributed by atoms with van der Waals surface area (Å²) in [6, 6.07) is 1.17. The van der Waals surface area contributed by atoms with Gasteiger partial charge in [0.2, 0.25) is 10.0 Å². The fraction of sp³-hybridized carbons (Fsp3) is 0.462. The van der Waals surface area contributed by atoms with Crippen molar-refractivity contribution in [1.82, 2.24) is 4.72 Å². The van der Waals surface area contributed by atoms with Crippen molar-refractivity contribution in [2.75, 3.05) is 0 Å². The summed E-state index contributed by atoms with van der Waals surface area (Å²) >= 11 is 0. The highest BCUT2D eigenvalue weighted by Gasteiger charge is 2.34. The van der Waals surface area contributed by atoms with Gasteiger partial charge < -0.3 is 5.11 Å². The van der Waals surface area contributed by atoms with Crippen molar-refractivity contribution in [3.8, 4) is 0 Å². The molecule has 22 heavy (non-hydrogen) atoms. The van der Waals surface area contributed by atoms with E-state index in [0.717, 1.165) is 12.1 Å². The van der Waals surface area contributed by atoms with Crippen molar-refractivity contribution < 1.29 is 31.5 Å². The zero-order valence-corrected chi connectivity index (χ0v) is 12.8. The number of alkyl halides is 3. The molecular formula is C13H16F3NO4S. The normalized spacial score (nSPS) is 13.9. The smallest absolute Gasteiger partial charge is 0.416 e. The minimum atomic E-state index is -4.69. The van der Waals surface area contributed by atoms with Crippen LogP contribution in [0.4, 0.5) is 13.2 Å². The first-order chi connectivity index (χ1) is 9.99. The first-order valence-corrected chi connectivity index (χ1v) is 7.90. The maximum absolute atomic E-state index is 12.8. The summed E-state index contributed by atoms with van der Waals surface area (Å²) < 4.78 is 64.5. The predicted molar refractivity (Wildman–Crippen MR) is 72.8 cm³/mol. The third kappa shape index (κ3) is 4.44. The Morgan fingerprint density at radius 3 is 2.41 bits per heavy atom. The predicted octanol–water partition coefficient (Wildman–Crippen LogP) is 2.55. The second kappa shape index (κ2) is 6.66. The Balaban J connectivity index is 3.21. The maximum Gasteiger partial charge on any atom is 0.416 e. The Morgan fingerprint density at radius 1 is 1.36 bits per heavy atom. The van der Waals surface area contributed by atoms with E-state index in [4.69, 9.17) is 5.11 Å². The van der Waals surface area contributed by atoms with E-state index >= 15 is 0 Å². The van der Waals surface area contributed by atoms with Crippen molar-refractivity contribution in [1.29, 1.82) is 0 Å². The molecule has 5 nitrogen and oxygen atoms in total. The van der Waals surface area contributed by atoms with Crippen molar-refractivity contribution in [3.63, 3.8) is 0 Å². The summed E-state index contributed by atoms with van der Waals surface area (Å²) in [6.07, 6.45) is -4.25. The largest absolute Gasteiger partial charge is 0.480 e. The lowest BCUT2D eigenvalue weighted by Gasteiger charge is -2.16. The lowest BCUT2D eigenvalue weighted by molar-refractivity contribution is -0.139. The van der Waals surface area contributed by atoms with E-state index in [1.807, 2.05) is 4.72 Å². The molecule has 9 heteroatoms. The van der Waals surface area contributed by atoms with Gasteiger partial charge in [-0.05, 0) is 31.0 Å². The van der Waals surface area contributed by atoms with E-state index in [9.17, 15) is 26.4 Å². The third-order valence-electron chi connectivity index (χ3n) is 3.00. The fourth-order valence-electron chi connectivity index (χ4n) is 1.85. The molecule has 0 aliphatic rings. The number of aliphatic carboxylic acids is 1. The molecule has 0 aromatic heterocycles. The molecule has 0 saturated carbocycles. The monoisotopic (exact) mass is 339 g/mol. The fourth-order valence-corrected chi connectivity index (χ4v) is 3.10. The van der Waals surface area contributed by atoms with Gasteiger partial charge in [-0.15, -0.1) is 0 Å². The van der Waals surface area contributed by atoms with E-state index in [1.54, 1.807) is 6.92 Å². The van der Waals surface area contributed by atoms with Crippen LogP contribution in [0.5, 0.6) is 0 Å². The standard InChI is InChI=1S/C13H16F3NO4S/c1-3-4-11(12(18)19)17-22(20,21)9-6-5-8(2)10(7-9)13(14,15)16/h5-7,11,17H,3-4H2,1-2H3,(H,18,19). The van der Waals surface area contributed by atoms with Crippen molar-refractivity contribution in [3.05, 3.63) is 29.3 Å². The van der Waals surface area contributed by atoms with Crippen molar-refractivity contribution >= 4 is 16.0 Å². The summed E-state index contributed by atoms with van der Waals surface area (Å²) in [5.74, 6) is -1.38. The molecule has 0 saturated heterocycles. The van der Waals surface area contributed by atoms with E-state index in [-0.39, 0.29) is 12.0 Å². The van der Waals surface area contributed by atoms with E-state index < -0.39 is 38.7 Å². The molecule has 0 radical (unpaired) electrons. The first kappa shape index (κ1) is 18.4. The van der Waals surface area contributed by atoms with Gasteiger partial charge in [0.1, 0.15) is 6.04 Å². The van der Waals surface area contributed by atoms with Crippen LogP contribution in [0.3, 0.4) is 0 Å². The topological polar surface area (TPSA) is 83.5 Å². The van der Waals surface area contributed by atoms with Gasteiger partial charge in [-0.25, -0.2) is 8.42 Å². The molecule has 0 fully saturated rings. The van der Waals surface area contributed by atoms with Gasteiger partial charge in [0.25, 0.3) is 0 Å². The number of carbonyl (C=O) groups is 1. The maximum atomic E-state index is 12.8. The second-order valence-corrected chi connectivity index (χ2v) is 6.49. The van der Waals surface area contributed by atoms with Gasteiger partial charge in [0, 0.05) is 0 Å². The minimum absolute atomic E-state index is 0.0343. The molecule has 1 aromatic carbocycles. The van der Waals surface area contributed by atoms with Gasteiger partial charge in [0.15, 0.2) is 0 Å². The summed E-state index contributed by atoms with van der Waals surface area (Å²) in [7, 11) is -4.36. The number of carboxylic acid groups (broad SMARTS) is 1. The van der Waals surface area contributed by atoms with Gasteiger partial charge in [-0.2, -0.15) is 17.9 Å². The zero-order valence-electron chi connectivity index (χ0n) is 11.9. The number of hydrogen-bond donors (Lipinski definition) is 2. The average molecular weight is 339 g/mol. The lowest BCUT2D eigenvalue weighted by atomic mass is 10.1. The highest BCUT2D eigenvalue weighted by Crippen LogP contribution is 2.33. The number of benzene rings is 1. The highest BCUT2D eigenvalue weighted by atomic mass is 32.2. The SMILES string of the molecule is CCCC(NS(=O)(=O)c1ccc(C)c(C(F)(F)F)c1)C(=O)O. The molecule has 0 bridgehead atoms. The molecule has 124 valence electrons. The first-order valence-electron chi connectivity index (χ1n) is 6.42. The number of halogens is 3. The molecule has 2 N–H and O–H groups in total. The second-order valence-electron chi connectivity index (χ2n) is 4.78. The number of hydrogen-bond acceptors (Lipinski definition) is 3. The van der Waals surface area contributed by atoms with Crippen LogP contribution in [0.25, 0.3) is 0 Å². The molecule has 0 amide bonds. The van der Waals surface area contributed by atoms with E-state index in [2.05, 4.69) is 0 Å². The Bertz CT molecular complexity index is 656. The van der Waals surface area contributed by atoms with E-state index in [0.29, 0.717) is 12.5 Å². The van der Waals surface area contributed by atoms with Crippen molar-refractivity contribution in [2.45, 2.75) is 43.8 Å². The van der Waals surface area contributed by atoms with Gasteiger partial charge in [-0.1, -0.05) is 19.4 Å². The zero-order chi connectivity index (χ0) is 17.1. The summed E-state index contributed by atoms with van der Waals surface area (Å²) in [5, 5.41) is 8.94. The number of aryl methyl sites for hydroxylation is 1. The van der Waals surface area contributed by atoms with Crippen LogP contribution in [-0.4, -0.2) is 25.5 Å². The van der Waals surface area contributed by atoms with Gasteiger partial charge in [0.05, 0.1) is 10.5 Å². The molecule has 0 aliphatic heterocycles. The third-order valence-corrected chi connectivity index (χ3v) is 4.47. The number of carboxylic acids is 1. The van der Waals surface area contributed by atoms with Gasteiger partial charge in [-0.3, -0.25) is 4.79 Å². The summed E-state index contributed by atoms with van der Waals surface area (Å²) in [6.45, 7) is 2.88. The Morgan fingerprint density at radius 2 is 1.95 bits per heavy atom. The molecule has 0 spiro atoms. The van der Waals surface area contributed by atoms with Crippen LogP contribution in [-0.2, 0) is 21.0 Å². The van der Waals surface area contributed by atoms with E-state index in [1.165, 1.54) is 6.92 Å². The average Bonchev–Trinajstić information content (AvgIpc) is 2.36. The summed E-state index contributed by atoms with van der Waals surface area (Å²) in [4.78, 5) is 10.4. The highest BCUT2D eigenvalue weighted by molar-refractivity contribution is 7.89.